The fraction of sp³-hybridized carbons (Fsp3) is 0.750. The first kappa shape index (κ1) is 13.8. The maximum Gasteiger partial charge on any atom is 0.333 e. The molecule has 106 valence electrons. The lowest BCUT2D eigenvalue weighted by Crippen LogP contribution is -2.32. The number of nitro groups is 1. The van der Waals surface area contributed by atoms with E-state index < -0.39 is 10.5 Å². The Labute approximate surface area is 111 Å². The van der Waals surface area contributed by atoms with Crippen LogP contribution in [0.4, 0.5) is 11.5 Å². The molecule has 0 amide bonds. The fourth-order valence-electron chi connectivity index (χ4n) is 2.93. The summed E-state index contributed by atoms with van der Waals surface area (Å²) in [5.41, 5.74) is 5.36. The molecule has 2 N–H and O–H groups in total. The number of aryl methyl sites for hydroxylation is 1. The third kappa shape index (κ3) is 2.18. The lowest BCUT2D eigenvalue weighted by molar-refractivity contribution is -0.384. The molecule has 19 heavy (non-hydrogen) atoms. The normalized spacial score (nSPS) is 24.6. The molecule has 7 heteroatoms. The molecule has 0 aliphatic carbocycles. The summed E-state index contributed by atoms with van der Waals surface area (Å²) in [4.78, 5) is 10.5. The summed E-state index contributed by atoms with van der Waals surface area (Å²) in [6.07, 6.45) is 0.711. The van der Waals surface area contributed by atoms with Gasteiger partial charge in [0.1, 0.15) is 5.69 Å². The molecule has 1 atom stereocenters. The second-order valence-corrected chi connectivity index (χ2v) is 6.21. The van der Waals surface area contributed by atoms with Crippen molar-refractivity contribution in [2.45, 2.75) is 58.3 Å². The van der Waals surface area contributed by atoms with Gasteiger partial charge >= 0.3 is 5.69 Å². The van der Waals surface area contributed by atoms with Crippen molar-refractivity contribution in [1.82, 2.24) is 9.78 Å². The Morgan fingerprint density at radius 2 is 2.05 bits per heavy atom. The lowest BCUT2D eigenvalue weighted by Gasteiger charge is -2.27. The smallest absolute Gasteiger partial charge is 0.333 e. The van der Waals surface area contributed by atoms with Crippen LogP contribution in [0.25, 0.3) is 0 Å². The van der Waals surface area contributed by atoms with Crippen molar-refractivity contribution in [2.24, 2.45) is 0 Å². The molecule has 0 saturated carbocycles. The molecule has 2 heterocycles. The maximum atomic E-state index is 11.0. The van der Waals surface area contributed by atoms with Crippen molar-refractivity contribution >= 4 is 11.5 Å². The van der Waals surface area contributed by atoms with Crippen LogP contribution in [0.1, 0.15) is 45.9 Å². The van der Waals surface area contributed by atoms with Crippen LogP contribution in [0.5, 0.6) is 0 Å². The van der Waals surface area contributed by atoms with Gasteiger partial charge in [-0.3, -0.25) is 10.1 Å². The maximum absolute atomic E-state index is 11.0. The van der Waals surface area contributed by atoms with Crippen LogP contribution in [0.2, 0.25) is 0 Å². The molecule has 1 aromatic rings. The molecule has 0 bridgehead atoms. The number of anilines is 1. The van der Waals surface area contributed by atoms with Gasteiger partial charge in [0.05, 0.1) is 22.2 Å². The molecule has 2 rings (SSSR count). The Hall–Kier alpha value is -1.63. The van der Waals surface area contributed by atoms with Crippen molar-refractivity contribution in [2.75, 3.05) is 5.73 Å². The molecule has 1 aromatic heterocycles. The largest absolute Gasteiger partial charge is 0.378 e. The van der Waals surface area contributed by atoms with E-state index in [9.17, 15) is 10.1 Å². The Morgan fingerprint density at radius 3 is 2.42 bits per heavy atom. The van der Waals surface area contributed by atoms with Gasteiger partial charge in [-0.2, -0.15) is 5.10 Å². The van der Waals surface area contributed by atoms with Gasteiger partial charge in [-0.25, -0.2) is 4.68 Å². The topological polar surface area (TPSA) is 96.2 Å². The predicted octanol–water partition coefficient (Wildman–Crippen LogP) is 2.20. The second kappa shape index (κ2) is 3.93. The van der Waals surface area contributed by atoms with Crippen molar-refractivity contribution in [1.29, 1.82) is 0 Å². The van der Waals surface area contributed by atoms with E-state index in [1.165, 1.54) is 0 Å². The van der Waals surface area contributed by atoms with Gasteiger partial charge in [0.25, 0.3) is 0 Å². The summed E-state index contributed by atoms with van der Waals surface area (Å²) in [5.74, 6) is 0.0990. The molecule has 1 aliphatic rings. The van der Waals surface area contributed by atoms with Crippen LogP contribution in [0.15, 0.2) is 0 Å². The molecule has 1 saturated heterocycles. The number of nitrogen functional groups attached to an aromatic ring is 1. The van der Waals surface area contributed by atoms with Crippen molar-refractivity contribution in [3.05, 3.63) is 15.8 Å². The quantitative estimate of drug-likeness (QED) is 0.655. The number of hydrogen-bond donors (Lipinski definition) is 1. The summed E-state index contributed by atoms with van der Waals surface area (Å²) in [5, 5.41) is 15.2. The van der Waals surface area contributed by atoms with Crippen molar-refractivity contribution in [3.63, 3.8) is 0 Å². The van der Waals surface area contributed by atoms with Crippen LogP contribution in [0.3, 0.4) is 0 Å². The van der Waals surface area contributed by atoms with Crippen LogP contribution in [-0.2, 0) is 4.74 Å². The van der Waals surface area contributed by atoms with Gasteiger partial charge in [0.2, 0.25) is 5.82 Å². The molecule has 0 radical (unpaired) electrons. The van der Waals surface area contributed by atoms with Crippen LogP contribution in [-0.4, -0.2) is 25.9 Å². The highest BCUT2D eigenvalue weighted by Gasteiger charge is 2.48. The lowest BCUT2D eigenvalue weighted by atomic mass is 9.94. The van der Waals surface area contributed by atoms with E-state index in [1.807, 2.05) is 27.7 Å². The summed E-state index contributed by atoms with van der Waals surface area (Å²) in [6, 6.07) is -0.116. The number of rotatable bonds is 2. The molecule has 1 fully saturated rings. The average molecular weight is 268 g/mol. The Bertz CT molecular complexity index is 533. The van der Waals surface area contributed by atoms with E-state index >= 15 is 0 Å². The third-order valence-electron chi connectivity index (χ3n) is 3.59. The van der Waals surface area contributed by atoms with Crippen LogP contribution >= 0.6 is 0 Å². The first-order chi connectivity index (χ1) is 8.55. The number of hydrogen-bond acceptors (Lipinski definition) is 5. The zero-order valence-electron chi connectivity index (χ0n) is 11.9. The minimum absolute atomic E-state index is 0.0990. The van der Waals surface area contributed by atoms with Gasteiger partial charge in [0.15, 0.2) is 0 Å². The van der Waals surface area contributed by atoms with Gasteiger partial charge in [-0.15, -0.1) is 0 Å². The first-order valence-corrected chi connectivity index (χ1v) is 6.24. The van der Waals surface area contributed by atoms with E-state index in [4.69, 9.17) is 10.5 Å². The summed E-state index contributed by atoms with van der Waals surface area (Å²) in [7, 11) is 0. The monoisotopic (exact) mass is 268 g/mol. The van der Waals surface area contributed by atoms with Gasteiger partial charge in [0, 0.05) is 6.42 Å². The highest BCUT2D eigenvalue weighted by Crippen LogP contribution is 2.46. The Kier molecular flexibility index (Phi) is 2.85. The molecule has 7 nitrogen and oxygen atoms in total. The van der Waals surface area contributed by atoms with Gasteiger partial charge in [-0.1, -0.05) is 0 Å². The molecule has 1 aliphatic heterocycles. The zero-order chi connectivity index (χ0) is 14.6. The van der Waals surface area contributed by atoms with Gasteiger partial charge < -0.3 is 10.5 Å². The average Bonchev–Trinajstić information content (AvgIpc) is 2.59. The molecule has 1 unspecified atom stereocenters. The molecule has 0 spiro atoms. The summed E-state index contributed by atoms with van der Waals surface area (Å²) >= 11 is 0. The number of nitrogens with zero attached hydrogens (tertiary/aromatic N) is 3. The molecular formula is C12H20N4O3. The predicted molar refractivity (Wildman–Crippen MR) is 70.9 cm³/mol. The Morgan fingerprint density at radius 1 is 1.47 bits per heavy atom. The SMILES string of the molecule is Cc1nn(C2CC(C)(C)OC2(C)C)c(N)c1[N+](=O)[O-]. The van der Waals surface area contributed by atoms with Crippen LogP contribution in [0, 0.1) is 17.0 Å². The summed E-state index contributed by atoms with van der Waals surface area (Å²) in [6.45, 7) is 9.49. The van der Waals surface area contributed by atoms with E-state index in [2.05, 4.69) is 5.10 Å². The summed E-state index contributed by atoms with van der Waals surface area (Å²) < 4.78 is 7.53. The third-order valence-corrected chi connectivity index (χ3v) is 3.59. The second-order valence-electron chi connectivity index (χ2n) is 6.21. The van der Waals surface area contributed by atoms with E-state index in [0.29, 0.717) is 12.1 Å². The van der Waals surface area contributed by atoms with E-state index in [1.54, 1.807) is 11.6 Å². The standard InChI is InChI=1S/C12H20N4O3/c1-7-9(16(17)18)10(13)15(14-7)8-6-11(2,3)19-12(8,4)5/h8H,6,13H2,1-5H3. The first-order valence-electron chi connectivity index (χ1n) is 6.24. The molecule has 0 aromatic carbocycles. The number of ether oxygens (including phenoxy) is 1. The van der Waals surface area contributed by atoms with E-state index in [-0.39, 0.29) is 23.1 Å². The van der Waals surface area contributed by atoms with Crippen molar-refractivity contribution < 1.29 is 9.66 Å². The van der Waals surface area contributed by atoms with Crippen molar-refractivity contribution in [3.8, 4) is 0 Å². The van der Waals surface area contributed by atoms with Crippen LogP contribution < -0.4 is 5.73 Å². The van der Waals surface area contributed by atoms with Gasteiger partial charge in [-0.05, 0) is 34.6 Å². The Balaban J connectivity index is 2.49. The fourth-order valence-corrected chi connectivity index (χ4v) is 2.93. The molecular weight excluding hydrogens is 248 g/mol. The highest BCUT2D eigenvalue weighted by atomic mass is 16.6. The van der Waals surface area contributed by atoms with E-state index in [0.717, 1.165) is 0 Å². The minimum Gasteiger partial charge on any atom is -0.378 e. The minimum atomic E-state index is -0.484. The highest BCUT2D eigenvalue weighted by molar-refractivity contribution is 5.56. The number of nitrogens with two attached hydrogens (primary N) is 1. The number of aromatic nitrogens is 2. The zero-order valence-corrected chi connectivity index (χ0v) is 11.9.